The molecule has 0 bridgehead atoms. The molecule has 0 unspecified atom stereocenters. The highest BCUT2D eigenvalue weighted by molar-refractivity contribution is 5.95. The lowest BCUT2D eigenvalue weighted by molar-refractivity contribution is -0.394. The average Bonchev–Trinajstić information content (AvgIpc) is 3.39. The maximum atomic E-state index is 12.6. The van der Waals surface area contributed by atoms with Crippen molar-refractivity contribution in [2.24, 2.45) is 5.10 Å². The minimum atomic E-state index is -0.747. The number of hydrazone groups is 1. The van der Waals surface area contributed by atoms with Gasteiger partial charge in [-0.25, -0.2) is 5.43 Å². The third-order valence-electron chi connectivity index (χ3n) is 6.37. The van der Waals surface area contributed by atoms with Gasteiger partial charge in [0.25, 0.3) is 11.6 Å². The molecule has 4 aromatic carbocycles. The molecule has 0 aliphatic heterocycles. The number of amides is 1. The second-order valence-electron chi connectivity index (χ2n) is 9.14. The minimum absolute atomic E-state index is 0.131. The third kappa shape index (κ3) is 6.05. The van der Waals surface area contributed by atoms with E-state index in [1.54, 1.807) is 36.4 Å². The Morgan fingerprint density at radius 1 is 0.857 bits per heavy atom. The standard InChI is InChI=1S/C31H23N5O6/c1-21-7-17-28(23-5-3-2-4-6-23)34(21)25-12-10-24(11-13-25)31(37)33-32-20-22-8-15-27(16-9-22)42-30-18-14-26(35(38)39)19-29(30)36(40)41/h2-20H,1H3,(H,33,37). The lowest BCUT2D eigenvalue weighted by Crippen LogP contribution is -2.17. The first-order valence-corrected chi connectivity index (χ1v) is 12.7. The number of carbonyl (C=O) groups excluding carboxylic acids is 1. The number of hydrogen-bond acceptors (Lipinski definition) is 7. The number of nitro groups is 2. The van der Waals surface area contributed by atoms with Crippen molar-refractivity contribution in [3.63, 3.8) is 0 Å². The van der Waals surface area contributed by atoms with Crippen molar-refractivity contribution in [3.05, 3.63) is 146 Å². The lowest BCUT2D eigenvalue weighted by atomic mass is 10.1. The summed E-state index contributed by atoms with van der Waals surface area (Å²) in [6.45, 7) is 2.03. The molecule has 1 amide bonds. The van der Waals surface area contributed by atoms with E-state index in [1.165, 1.54) is 12.3 Å². The first-order valence-electron chi connectivity index (χ1n) is 12.7. The van der Waals surface area contributed by atoms with Crippen molar-refractivity contribution in [2.45, 2.75) is 6.92 Å². The van der Waals surface area contributed by atoms with E-state index in [1.807, 2.05) is 37.3 Å². The Morgan fingerprint density at radius 2 is 1.57 bits per heavy atom. The Labute approximate surface area is 239 Å². The maximum absolute atomic E-state index is 12.6. The van der Waals surface area contributed by atoms with Crippen LogP contribution in [0.15, 0.2) is 114 Å². The summed E-state index contributed by atoms with van der Waals surface area (Å²) in [5, 5.41) is 26.2. The summed E-state index contributed by atoms with van der Waals surface area (Å²) < 4.78 is 7.68. The molecule has 0 saturated heterocycles. The summed E-state index contributed by atoms with van der Waals surface area (Å²) in [7, 11) is 0. The summed E-state index contributed by atoms with van der Waals surface area (Å²) in [6, 6.07) is 31.0. The molecule has 5 aromatic rings. The smallest absolute Gasteiger partial charge is 0.318 e. The monoisotopic (exact) mass is 561 g/mol. The average molecular weight is 562 g/mol. The number of non-ortho nitro benzene ring substituents is 1. The van der Waals surface area contributed by atoms with Crippen LogP contribution in [0.4, 0.5) is 11.4 Å². The number of nitrogens with one attached hydrogen (secondary N) is 1. The van der Waals surface area contributed by atoms with Crippen LogP contribution in [0.2, 0.25) is 0 Å². The zero-order valence-corrected chi connectivity index (χ0v) is 22.2. The largest absolute Gasteiger partial charge is 0.450 e. The van der Waals surface area contributed by atoms with Crippen LogP contribution in [0, 0.1) is 27.2 Å². The highest BCUT2D eigenvalue weighted by Crippen LogP contribution is 2.34. The molecule has 1 N–H and O–H groups in total. The molecule has 0 aliphatic carbocycles. The van der Waals surface area contributed by atoms with E-state index in [2.05, 4.69) is 39.4 Å². The molecule has 5 rings (SSSR count). The molecular weight excluding hydrogens is 538 g/mol. The van der Waals surface area contributed by atoms with Gasteiger partial charge in [-0.15, -0.1) is 0 Å². The number of aryl methyl sites for hydroxylation is 1. The Kier molecular flexibility index (Phi) is 7.82. The second kappa shape index (κ2) is 12.0. The van der Waals surface area contributed by atoms with Crippen molar-refractivity contribution in [3.8, 4) is 28.4 Å². The normalized spacial score (nSPS) is 10.9. The van der Waals surface area contributed by atoms with E-state index in [4.69, 9.17) is 4.74 Å². The first kappa shape index (κ1) is 27.5. The van der Waals surface area contributed by atoms with E-state index in [0.29, 0.717) is 11.1 Å². The Balaban J connectivity index is 1.22. The van der Waals surface area contributed by atoms with E-state index in [0.717, 1.165) is 34.8 Å². The van der Waals surface area contributed by atoms with Gasteiger partial charge in [-0.05, 0) is 84.8 Å². The Hall–Kier alpha value is -6.10. The highest BCUT2D eigenvalue weighted by Gasteiger charge is 2.21. The summed E-state index contributed by atoms with van der Waals surface area (Å²) >= 11 is 0. The molecule has 0 spiro atoms. The van der Waals surface area contributed by atoms with Crippen LogP contribution in [0.5, 0.6) is 11.5 Å². The number of nitro benzene ring substituents is 2. The van der Waals surface area contributed by atoms with E-state index in [9.17, 15) is 25.0 Å². The van der Waals surface area contributed by atoms with Crippen LogP contribution in [0.25, 0.3) is 16.9 Å². The Bertz CT molecular complexity index is 1800. The molecule has 1 heterocycles. The predicted octanol–water partition coefficient (Wildman–Crippen LogP) is 6.83. The van der Waals surface area contributed by atoms with Crippen LogP contribution in [-0.2, 0) is 0 Å². The van der Waals surface area contributed by atoms with Crippen LogP contribution in [0.1, 0.15) is 21.6 Å². The molecule has 0 fully saturated rings. The van der Waals surface area contributed by atoms with E-state index < -0.39 is 21.2 Å². The fourth-order valence-corrected chi connectivity index (χ4v) is 4.30. The van der Waals surface area contributed by atoms with Gasteiger partial charge in [0.05, 0.1) is 27.8 Å². The lowest BCUT2D eigenvalue weighted by Gasteiger charge is -2.12. The van der Waals surface area contributed by atoms with Crippen molar-refractivity contribution < 1.29 is 19.4 Å². The molecule has 0 atom stereocenters. The van der Waals surface area contributed by atoms with Crippen molar-refractivity contribution in [1.29, 1.82) is 0 Å². The van der Waals surface area contributed by atoms with Crippen molar-refractivity contribution in [2.75, 3.05) is 0 Å². The van der Waals surface area contributed by atoms with Crippen LogP contribution in [0.3, 0.4) is 0 Å². The van der Waals surface area contributed by atoms with Gasteiger partial charge in [-0.1, -0.05) is 30.3 Å². The molecule has 208 valence electrons. The number of carbonyl (C=O) groups is 1. The Morgan fingerprint density at radius 3 is 2.24 bits per heavy atom. The van der Waals surface area contributed by atoms with Gasteiger partial charge in [0.2, 0.25) is 5.75 Å². The first-order chi connectivity index (χ1) is 20.3. The fourth-order valence-electron chi connectivity index (χ4n) is 4.30. The molecule has 42 heavy (non-hydrogen) atoms. The number of hydrogen-bond donors (Lipinski definition) is 1. The molecule has 11 heteroatoms. The van der Waals surface area contributed by atoms with Gasteiger partial charge >= 0.3 is 5.69 Å². The molecular formula is C31H23N5O6. The summed E-state index contributed by atoms with van der Waals surface area (Å²) in [5.74, 6) is -0.231. The zero-order valence-electron chi connectivity index (χ0n) is 22.2. The zero-order chi connectivity index (χ0) is 29.6. The van der Waals surface area contributed by atoms with Gasteiger partial charge < -0.3 is 9.30 Å². The van der Waals surface area contributed by atoms with Gasteiger partial charge in [0.15, 0.2) is 0 Å². The third-order valence-corrected chi connectivity index (χ3v) is 6.37. The summed E-state index contributed by atoms with van der Waals surface area (Å²) in [6.07, 6.45) is 1.44. The molecule has 0 radical (unpaired) electrons. The minimum Gasteiger partial charge on any atom is -0.450 e. The van der Waals surface area contributed by atoms with E-state index in [-0.39, 0.29) is 17.4 Å². The predicted molar refractivity (Wildman–Crippen MR) is 157 cm³/mol. The molecule has 0 aliphatic rings. The number of aromatic nitrogens is 1. The molecule has 1 aromatic heterocycles. The van der Waals surface area contributed by atoms with Crippen molar-refractivity contribution in [1.82, 2.24) is 9.99 Å². The summed E-state index contributed by atoms with van der Waals surface area (Å²) in [5.41, 5.74) is 6.78. The quantitative estimate of drug-likeness (QED) is 0.119. The van der Waals surface area contributed by atoms with E-state index >= 15 is 0 Å². The SMILES string of the molecule is Cc1ccc(-c2ccccc2)n1-c1ccc(C(=O)NN=Cc2ccc(Oc3ccc([N+](=O)[O-])cc3[N+](=O)[O-])cc2)cc1. The van der Waals surface area contributed by atoms with Gasteiger partial charge in [0, 0.05) is 23.0 Å². The number of benzene rings is 4. The highest BCUT2D eigenvalue weighted by atomic mass is 16.6. The number of ether oxygens (including phenoxy) is 1. The van der Waals surface area contributed by atoms with Gasteiger partial charge in [-0.2, -0.15) is 5.10 Å². The van der Waals surface area contributed by atoms with Crippen molar-refractivity contribution >= 4 is 23.5 Å². The topological polar surface area (TPSA) is 142 Å². The van der Waals surface area contributed by atoms with Crippen LogP contribution in [-0.4, -0.2) is 26.5 Å². The maximum Gasteiger partial charge on any atom is 0.318 e. The number of rotatable bonds is 9. The molecule has 0 saturated carbocycles. The summed E-state index contributed by atoms with van der Waals surface area (Å²) in [4.78, 5) is 33.4. The molecule has 11 nitrogen and oxygen atoms in total. The second-order valence-corrected chi connectivity index (χ2v) is 9.14. The van der Waals surface area contributed by atoms with Crippen LogP contribution >= 0.6 is 0 Å². The van der Waals surface area contributed by atoms with Crippen LogP contribution < -0.4 is 10.2 Å². The van der Waals surface area contributed by atoms with Gasteiger partial charge in [-0.3, -0.25) is 25.0 Å². The van der Waals surface area contributed by atoms with Gasteiger partial charge in [0.1, 0.15) is 5.75 Å². The fraction of sp³-hybridized carbons (Fsp3) is 0.0323. The number of nitrogens with zero attached hydrogens (tertiary/aromatic N) is 4.